The van der Waals surface area contributed by atoms with Gasteiger partial charge in [-0.3, -0.25) is 0 Å². The van der Waals surface area contributed by atoms with E-state index in [0.29, 0.717) is 0 Å². The quantitative estimate of drug-likeness (QED) is 0.0655. The molecule has 0 aliphatic heterocycles. The zero-order valence-corrected chi connectivity index (χ0v) is 30.6. The number of hydrogen-bond donors (Lipinski definition) is 0. The molecule has 0 aromatic carbocycles. The highest BCUT2D eigenvalue weighted by atomic mass is 15.1. The Balaban J connectivity index is 3.81. The molecule has 0 spiro atoms. The van der Waals surface area contributed by atoms with Gasteiger partial charge in [0, 0.05) is 0 Å². The van der Waals surface area contributed by atoms with Gasteiger partial charge in [0.2, 0.25) is 0 Å². The van der Waals surface area contributed by atoms with Gasteiger partial charge in [-0.15, -0.1) is 0 Å². The highest BCUT2D eigenvalue weighted by Crippen LogP contribution is 2.16. The summed E-state index contributed by atoms with van der Waals surface area (Å²) in [5.41, 5.74) is 0. The zero-order chi connectivity index (χ0) is 30.8. The van der Waals surface area contributed by atoms with E-state index >= 15 is 0 Å². The predicted molar refractivity (Wildman–Crippen MR) is 195 cm³/mol. The first-order valence-corrected chi connectivity index (χ1v) is 20.3. The minimum atomic E-state index is 0.890. The van der Waals surface area contributed by atoms with E-state index in [4.69, 9.17) is 0 Å². The predicted octanol–water partition coefficient (Wildman–Crippen LogP) is 14.7. The fourth-order valence-electron chi connectivity index (χ4n) is 6.59. The van der Waals surface area contributed by atoms with E-state index in [1.54, 1.807) is 0 Å². The molecule has 0 amide bonds. The summed E-state index contributed by atoms with van der Waals surface area (Å²) in [7, 11) is 0. The first-order chi connectivity index (χ1) is 20.6. The normalized spacial score (nSPS) is 12.0. The van der Waals surface area contributed by atoms with E-state index in [1.807, 2.05) is 0 Å². The molecule has 254 valence electrons. The smallest absolute Gasteiger partial charge is 0.00187 e. The van der Waals surface area contributed by atoms with Crippen molar-refractivity contribution in [2.24, 2.45) is 11.8 Å². The largest absolute Gasteiger partial charge is 0.303 e. The minimum absolute atomic E-state index is 0.890. The molecule has 0 aromatic heterocycles. The van der Waals surface area contributed by atoms with Gasteiger partial charge in [0.25, 0.3) is 0 Å². The summed E-state index contributed by atoms with van der Waals surface area (Å²) in [6.45, 7) is 15.8. The van der Waals surface area contributed by atoms with Gasteiger partial charge in [-0.1, -0.05) is 214 Å². The van der Waals surface area contributed by atoms with Crippen molar-refractivity contribution < 1.29 is 0 Å². The van der Waals surface area contributed by atoms with Crippen LogP contribution in [0, 0.1) is 11.8 Å². The average molecular weight is 592 g/mol. The van der Waals surface area contributed by atoms with E-state index in [2.05, 4.69) is 39.5 Å². The van der Waals surface area contributed by atoms with E-state index < -0.39 is 0 Å². The van der Waals surface area contributed by atoms with Crippen LogP contribution in [0.1, 0.15) is 234 Å². The van der Waals surface area contributed by atoms with Crippen molar-refractivity contribution >= 4 is 0 Å². The van der Waals surface area contributed by atoms with Crippen LogP contribution in [-0.2, 0) is 0 Å². The third-order valence-corrected chi connectivity index (χ3v) is 9.59. The van der Waals surface area contributed by atoms with E-state index in [0.717, 1.165) is 11.8 Å². The summed E-state index contributed by atoms with van der Waals surface area (Å²) in [6.07, 6.45) is 45.2. The van der Waals surface area contributed by atoms with Crippen molar-refractivity contribution in [3.63, 3.8) is 0 Å². The average Bonchev–Trinajstić information content (AvgIpc) is 2.96. The Morgan fingerprint density at radius 1 is 0.286 bits per heavy atom. The van der Waals surface area contributed by atoms with Crippen LogP contribution in [0.15, 0.2) is 0 Å². The fourth-order valence-corrected chi connectivity index (χ4v) is 6.59. The van der Waals surface area contributed by atoms with Gasteiger partial charge in [0.15, 0.2) is 0 Å². The van der Waals surface area contributed by atoms with Gasteiger partial charge in [-0.25, -0.2) is 0 Å². The van der Waals surface area contributed by atoms with Gasteiger partial charge in [0.1, 0.15) is 0 Å². The third kappa shape index (κ3) is 36.2. The summed E-state index contributed by atoms with van der Waals surface area (Å²) >= 11 is 0. The Kier molecular flexibility index (Phi) is 35.4. The molecule has 0 rings (SSSR count). The number of rotatable bonds is 36. The maximum atomic E-state index is 2.85. The third-order valence-electron chi connectivity index (χ3n) is 9.59. The van der Waals surface area contributed by atoms with E-state index in [-0.39, 0.29) is 0 Å². The Bertz CT molecular complexity index is 435. The van der Waals surface area contributed by atoms with Crippen molar-refractivity contribution in [1.29, 1.82) is 0 Å². The molecule has 0 heterocycles. The second-order valence-corrected chi connectivity index (χ2v) is 15.1. The highest BCUT2D eigenvalue weighted by molar-refractivity contribution is 4.61. The summed E-state index contributed by atoms with van der Waals surface area (Å²) < 4.78 is 0. The Labute approximate surface area is 269 Å². The van der Waals surface area contributed by atoms with Crippen LogP contribution in [0.3, 0.4) is 0 Å². The van der Waals surface area contributed by atoms with Crippen LogP contribution in [0.5, 0.6) is 0 Å². The molecule has 42 heavy (non-hydrogen) atoms. The molecular weight excluding hydrogens is 506 g/mol. The number of unbranched alkanes of at least 4 members (excludes halogenated alkanes) is 26. The highest BCUT2D eigenvalue weighted by Gasteiger charge is 2.05. The van der Waals surface area contributed by atoms with Gasteiger partial charge >= 0.3 is 0 Å². The van der Waals surface area contributed by atoms with Crippen LogP contribution in [0.4, 0.5) is 0 Å². The summed E-state index contributed by atoms with van der Waals surface area (Å²) in [6, 6.07) is 0. The molecule has 0 saturated carbocycles. The Morgan fingerprint density at radius 2 is 0.500 bits per heavy atom. The molecule has 0 atom stereocenters. The maximum Gasteiger partial charge on any atom is -0.00187 e. The Morgan fingerprint density at radius 3 is 0.738 bits per heavy atom. The van der Waals surface area contributed by atoms with Crippen LogP contribution < -0.4 is 0 Å². The molecule has 0 fully saturated rings. The molecule has 0 N–H and O–H groups in total. The molecule has 0 saturated heterocycles. The van der Waals surface area contributed by atoms with Crippen molar-refractivity contribution in [2.45, 2.75) is 234 Å². The standard InChI is InChI=1S/C41H85N/c1-6-7-8-9-22-27-32-37-42(38-33-28-23-18-14-10-12-16-20-25-30-35-40(2)3)39-34-29-24-19-15-11-13-17-21-26-31-36-41(4)5/h40-41H,6-39H2,1-5H3. The van der Waals surface area contributed by atoms with Crippen molar-refractivity contribution in [3.8, 4) is 0 Å². The molecule has 0 unspecified atom stereocenters. The minimum Gasteiger partial charge on any atom is -0.303 e. The molecule has 0 aromatic rings. The molecule has 0 aliphatic carbocycles. The van der Waals surface area contributed by atoms with Crippen LogP contribution in [0.25, 0.3) is 0 Å². The lowest BCUT2D eigenvalue weighted by Crippen LogP contribution is -2.27. The van der Waals surface area contributed by atoms with Crippen molar-refractivity contribution in [2.75, 3.05) is 19.6 Å². The molecule has 0 bridgehead atoms. The summed E-state index contributed by atoms with van der Waals surface area (Å²) in [4.78, 5) is 2.85. The summed E-state index contributed by atoms with van der Waals surface area (Å²) in [5.74, 6) is 1.78. The van der Waals surface area contributed by atoms with Gasteiger partial charge in [-0.2, -0.15) is 0 Å². The van der Waals surface area contributed by atoms with Crippen LogP contribution >= 0.6 is 0 Å². The fraction of sp³-hybridized carbons (Fsp3) is 1.00. The zero-order valence-electron chi connectivity index (χ0n) is 30.6. The van der Waals surface area contributed by atoms with Crippen molar-refractivity contribution in [3.05, 3.63) is 0 Å². The lowest BCUT2D eigenvalue weighted by molar-refractivity contribution is 0.254. The molecule has 1 heteroatoms. The van der Waals surface area contributed by atoms with Gasteiger partial charge < -0.3 is 4.90 Å². The first-order valence-electron chi connectivity index (χ1n) is 20.3. The molecule has 0 aliphatic rings. The summed E-state index contributed by atoms with van der Waals surface area (Å²) in [5, 5.41) is 0. The molecule has 0 radical (unpaired) electrons. The topological polar surface area (TPSA) is 3.24 Å². The number of hydrogen-bond acceptors (Lipinski definition) is 1. The van der Waals surface area contributed by atoms with E-state index in [1.165, 1.54) is 219 Å². The molecule has 1 nitrogen and oxygen atoms in total. The van der Waals surface area contributed by atoms with Gasteiger partial charge in [0.05, 0.1) is 0 Å². The van der Waals surface area contributed by atoms with Crippen molar-refractivity contribution in [1.82, 2.24) is 4.90 Å². The first kappa shape index (κ1) is 42.0. The second-order valence-electron chi connectivity index (χ2n) is 15.1. The lowest BCUT2D eigenvalue weighted by Gasteiger charge is -2.22. The lowest BCUT2D eigenvalue weighted by atomic mass is 10.0. The SMILES string of the molecule is CCCCCCCCCN(CCCCCCCCCCCCCC(C)C)CCCCCCCCCCCCCC(C)C. The molecular formula is C41H85N. The van der Waals surface area contributed by atoms with Crippen LogP contribution in [-0.4, -0.2) is 24.5 Å². The maximum absolute atomic E-state index is 2.85. The van der Waals surface area contributed by atoms with Crippen LogP contribution in [0.2, 0.25) is 0 Å². The monoisotopic (exact) mass is 592 g/mol. The number of nitrogens with zero attached hydrogens (tertiary/aromatic N) is 1. The van der Waals surface area contributed by atoms with Gasteiger partial charge in [-0.05, 0) is 50.7 Å². The van der Waals surface area contributed by atoms with E-state index in [9.17, 15) is 0 Å². The Hall–Kier alpha value is -0.0400. The second kappa shape index (κ2) is 35.4.